The van der Waals surface area contributed by atoms with Crippen molar-refractivity contribution < 1.29 is 38.5 Å². The first-order valence-electron chi connectivity index (χ1n) is 24.4. The van der Waals surface area contributed by atoms with Crippen molar-refractivity contribution in [3.8, 4) is 0 Å². The molecular formula is C51H90N2O8. The number of nitrogens with zero attached hydrogens (tertiary/aromatic N) is 1. The summed E-state index contributed by atoms with van der Waals surface area (Å²) in [5, 5.41) is 13.8. The number of fused-ring (bicyclic) bond motifs is 7. The number of ether oxygens (including phenoxy) is 3. The number of piperidine rings is 1. The number of rotatable bonds is 11. The minimum absolute atomic E-state index is 0. The van der Waals surface area contributed by atoms with Crippen molar-refractivity contribution in [2.24, 2.45) is 74.9 Å². The molecule has 0 aromatic carbocycles. The van der Waals surface area contributed by atoms with Gasteiger partial charge in [0.1, 0.15) is 12.9 Å². The fourth-order valence-electron chi connectivity index (χ4n) is 15.0. The topological polar surface area (TPSA) is 131 Å². The third-order valence-corrected chi connectivity index (χ3v) is 18.6. The van der Waals surface area contributed by atoms with Crippen molar-refractivity contribution in [3.63, 3.8) is 0 Å². The Morgan fingerprint density at radius 1 is 0.770 bits per heavy atom. The molecule has 7 rings (SSSR count). The molecule has 0 aromatic heterocycles. The summed E-state index contributed by atoms with van der Waals surface area (Å²) in [5.41, 5.74) is -0.0254. The molecule has 1 heterocycles. The van der Waals surface area contributed by atoms with Crippen LogP contribution in [0.5, 0.6) is 0 Å². The Morgan fingerprint density at radius 3 is 1.97 bits per heavy atom. The monoisotopic (exact) mass is 859 g/mol. The van der Waals surface area contributed by atoms with Gasteiger partial charge in [-0.3, -0.25) is 14.4 Å². The Morgan fingerprint density at radius 2 is 1.39 bits per heavy atom. The van der Waals surface area contributed by atoms with Crippen LogP contribution in [0.3, 0.4) is 0 Å². The molecule has 6 aliphatic carbocycles. The lowest BCUT2D eigenvalue weighted by atomic mass is 9.34. The molecule has 0 spiro atoms. The quantitative estimate of drug-likeness (QED) is 0.118. The predicted octanol–water partition coefficient (Wildman–Crippen LogP) is 9.29. The zero-order valence-electron chi connectivity index (χ0n) is 39.6. The van der Waals surface area contributed by atoms with Gasteiger partial charge in [0.05, 0.1) is 19.1 Å². The molecule has 7 aliphatic rings. The van der Waals surface area contributed by atoms with Gasteiger partial charge in [-0.05, 0) is 174 Å². The molecule has 1 aliphatic heterocycles. The standard InChI is InChI=1S/C45H74N2O7.C4H10.CH2O.CH4/c1-8-52-39(50)44(40(51)53-9-2)21-24-47(25-22-44)26-23-46-45-16-10-11-35(45)34-12-13-37-41(5)17-15-36(54-38(49)32-27-31(28-48)29(32)3)30(4)33(41)14-18-43(37,7)42(34,6)19-20-45;1-4(2)3;1-2;/h29-37,46,48H,8-28H2,1-7H3;4H,1-3H3;1H2;1H4/t29?,30?,31?,32?,33?,34?,35-,36?,37?,41?,42-,43?,45?;;;/m1.../s1. The van der Waals surface area contributed by atoms with Crippen molar-refractivity contribution in [3.05, 3.63) is 0 Å². The van der Waals surface area contributed by atoms with Crippen LogP contribution in [0.1, 0.15) is 167 Å². The number of hydrogen-bond acceptors (Lipinski definition) is 10. The second kappa shape index (κ2) is 20.9. The highest BCUT2D eigenvalue weighted by molar-refractivity contribution is 6.00. The Kier molecular flexibility index (Phi) is 17.6. The third kappa shape index (κ3) is 9.40. The first-order chi connectivity index (χ1) is 28.5. The summed E-state index contributed by atoms with van der Waals surface area (Å²) in [6.07, 6.45) is 15.5. The second-order valence-electron chi connectivity index (χ2n) is 21.9. The molecule has 0 aromatic rings. The lowest BCUT2D eigenvalue weighted by Crippen LogP contribution is -2.67. The summed E-state index contributed by atoms with van der Waals surface area (Å²) in [6, 6.07) is 0. The van der Waals surface area contributed by atoms with Gasteiger partial charge in [0.2, 0.25) is 0 Å². The van der Waals surface area contributed by atoms with E-state index >= 15 is 0 Å². The second-order valence-corrected chi connectivity index (χ2v) is 21.9. The van der Waals surface area contributed by atoms with E-state index in [2.05, 4.69) is 65.6 Å². The summed E-state index contributed by atoms with van der Waals surface area (Å²) in [7, 11) is 0. The van der Waals surface area contributed by atoms with E-state index in [9.17, 15) is 19.5 Å². The van der Waals surface area contributed by atoms with Crippen LogP contribution in [0, 0.1) is 74.9 Å². The summed E-state index contributed by atoms with van der Waals surface area (Å²) < 4.78 is 17.1. The van der Waals surface area contributed by atoms with Crippen LogP contribution in [0.2, 0.25) is 0 Å². The van der Waals surface area contributed by atoms with Crippen LogP contribution in [0.25, 0.3) is 0 Å². The van der Waals surface area contributed by atoms with Crippen molar-refractivity contribution in [2.45, 2.75) is 178 Å². The maximum absolute atomic E-state index is 13.3. The number of hydrogen-bond donors (Lipinski definition) is 2. The number of nitrogens with one attached hydrogen (secondary N) is 1. The smallest absolute Gasteiger partial charge is 0.323 e. The van der Waals surface area contributed by atoms with Gasteiger partial charge in [-0.15, -0.1) is 0 Å². The van der Waals surface area contributed by atoms with Crippen LogP contribution >= 0.6 is 0 Å². The largest absolute Gasteiger partial charge is 0.465 e. The number of carbonyl (C=O) groups is 4. The highest BCUT2D eigenvalue weighted by Crippen LogP contribution is 2.75. The van der Waals surface area contributed by atoms with Crippen LogP contribution in [0.4, 0.5) is 0 Å². The van der Waals surface area contributed by atoms with Crippen molar-refractivity contribution >= 4 is 24.7 Å². The minimum Gasteiger partial charge on any atom is -0.465 e. The van der Waals surface area contributed by atoms with Crippen LogP contribution < -0.4 is 5.32 Å². The predicted molar refractivity (Wildman–Crippen MR) is 242 cm³/mol. The van der Waals surface area contributed by atoms with Gasteiger partial charge in [-0.25, -0.2) is 0 Å². The highest BCUT2D eigenvalue weighted by atomic mass is 16.6. The molecule has 6 saturated carbocycles. The molecule has 10 nitrogen and oxygen atoms in total. The molecule has 0 bridgehead atoms. The molecule has 0 amide bonds. The fourth-order valence-corrected chi connectivity index (χ4v) is 15.0. The van der Waals surface area contributed by atoms with Crippen LogP contribution in [0.15, 0.2) is 0 Å². The van der Waals surface area contributed by atoms with E-state index in [-0.39, 0.29) is 68.0 Å². The van der Waals surface area contributed by atoms with Gasteiger partial charge in [0.15, 0.2) is 5.41 Å². The summed E-state index contributed by atoms with van der Waals surface area (Å²) in [6.45, 7) is 28.6. The lowest BCUT2D eigenvalue weighted by Gasteiger charge is -2.71. The number of esters is 3. The average Bonchev–Trinajstić information content (AvgIpc) is 3.64. The van der Waals surface area contributed by atoms with Gasteiger partial charge in [-0.2, -0.15) is 0 Å². The molecular weight excluding hydrogens is 769 g/mol. The molecule has 0 radical (unpaired) electrons. The number of carbonyl (C=O) groups excluding carboxylic acids is 4. The maximum atomic E-state index is 13.3. The first kappa shape index (κ1) is 51.6. The highest BCUT2D eigenvalue weighted by Gasteiger charge is 2.69. The Bertz CT molecular complexity index is 1440. The molecule has 61 heavy (non-hydrogen) atoms. The van der Waals surface area contributed by atoms with Crippen molar-refractivity contribution in [1.29, 1.82) is 0 Å². The Labute approximate surface area is 371 Å². The van der Waals surface area contributed by atoms with E-state index in [0.29, 0.717) is 54.5 Å². The van der Waals surface area contributed by atoms with E-state index in [0.717, 1.165) is 50.1 Å². The van der Waals surface area contributed by atoms with E-state index in [1.165, 1.54) is 57.8 Å². The number of aliphatic hydroxyl groups is 1. The third-order valence-electron chi connectivity index (χ3n) is 18.6. The number of aliphatic hydroxyl groups excluding tert-OH is 1. The summed E-state index contributed by atoms with van der Waals surface area (Å²) in [4.78, 5) is 49.6. The van der Waals surface area contributed by atoms with Crippen LogP contribution in [-0.2, 0) is 33.4 Å². The minimum atomic E-state index is -1.17. The maximum Gasteiger partial charge on any atom is 0.323 e. The Balaban J connectivity index is 0.00000111. The lowest BCUT2D eigenvalue weighted by molar-refractivity contribution is -0.231. The van der Waals surface area contributed by atoms with Gasteiger partial charge < -0.3 is 34.3 Å². The van der Waals surface area contributed by atoms with Crippen molar-refractivity contribution in [2.75, 3.05) is 46.0 Å². The van der Waals surface area contributed by atoms with Crippen molar-refractivity contribution in [1.82, 2.24) is 10.2 Å². The molecule has 10 heteroatoms. The normalized spacial score (nSPS) is 40.9. The SMILES string of the molecule is C.C=O.CC(C)C.CCOC(=O)C1(C(=O)OCC)CCN(CCNC23CCC[C@@H]2C2CCC4C5(C)CCC(OC(=O)C6CC(CO)C6C)C(C)C5CCC4(C)[C@]2(C)CC3)CC1. The molecule has 7 fully saturated rings. The zero-order chi connectivity index (χ0) is 44.3. The average molecular weight is 859 g/mol. The first-order valence-corrected chi connectivity index (χ1v) is 24.4. The Hall–Kier alpha value is -2.04. The summed E-state index contributed by atoms with van der Waals surface area (Å²) >= 11 is 0. The van der Waals surface area contributed by atoms with Gasteiger partial charge in [-0.1, -0.05) is 69.2 Å². The molecule has 352 valence electrons. The van der Waals surface area contributed by atoms with Gasteiger partial charge >= 0.3 is 17.9 Å². The van der Waals surface area contributed by atoms with E-state index < -0.39 is 17.4 Å². The van der Waals surface area contributed by atoms with E-state index in [1.807, 2.05) is 6.79 Å². The summed E-state index contributed by atoms with van der Waals surface area (Å²) in [5.74, 6) is 3.53. The molecule has 11 unspecified atom stereocenters. The zero-order valence-corrected chi connectivity index (χ0v) is 39.6. The van der Waals surface area contributed by atoms with Crippen LogP contribution in [-0.4, -0.2) is 92.3 Å². The van der Waals surface area contributed by atoms with E-state index in [1.54, 1.807) is 13.8 Å². The van der Waals surface area contributed by atoms with Gasteiger partial charge in [0, 0.05) is 25.2 Å². The van der Waals surface area contributed by atoms with Gasteiger partial charge in [0.25, 0.3) is 0 Å². The fraction of sp³-hybridized carbons (Fsp3) is 0.922. The number of likely N-dealkylation sites (tertiary alicyclic amines) is 1. The molecule has 13 atom stereocenters. The molecule has 2 N–H and O–H groups in total. The van der Waals surface area contributed by atoms with E-state index in [4.69, 9.17) is 19.0 Å². The molecule has 1 saturated heterocycles.